The molecule has 22 nitrogen and oxygen atoms in total. The molecule has 1 saturated heterocycles. The van der Waals surface area contributed by atoms with Gasteiger partial charge in [-0.25, -0.2) is 0 Å². The van der Waals surface area contributed by atoms with Crippen molar-refractivity contribution in [3.63, 3.8) is 0 Å². The normalized spacial score (nSPS) is 27.1. The molecule has 0 aliphatic carbocycles. The Labute approximate surface area is 510 Å². The van der Waals surface area contributed by atoms with E-state index in [1.54, 1.807) is 72.8 Å². The Kier molecular flexibility index (Phi) is 36.6. The van der Waals surface area contributed by atoms with Crippen LogP contribution >= 0.6 is 0 Å². The molecule has 10 amide bonds. The van der Waals surface area contributed by atoms with Gasteiger partial charge >= 0.3 is 0 Å². The van der Waals surface area contributed by atoms with E-state index < -0.39 is 161 Å². The molecule has 1 rings (SSSR count). The van der Waals surface area contributed by atoms with Crippen LogP contribution in [0.15, 0.2) is 37.5 Å². The number of likely N-dealkylation sites (N-methyl/N-ethyl adjacent to an activating group) is 6. The number of rotatable bonds is 11. The molecule has 1 aliphatic rings. The highest BCUT2D eigenvalue weighted by atomic mass is 16.3. The van der Waals surface area contributed by atoms with Gasteiger partial charge in [-0.3, -0.25) is 52.7 Å². The molecular formula is C63H112N10O12. The number of hydrogen-bond donors (Lipinski definition) is 5. The van der Waals surface area contributed by atoms with Crippen LogP contribution in [0.1, 0.15) is 150 Å². The summed E-state index contributed by atoms with van der Waals surface area (Å²) in [6.07, 6.45) is 6.26. The number of amides is 10. The van der Waals surface area contributed by atoms with Crippen LogP contribution in [0.2, 0.25) is 0 Å². The van der Waals surface area contributed by atoms with Gasteiger partial charge in [-0.1, -0.05) is 107 Å². The Bertz CT molecular complexity index is 2280. The molecule has 0 spiro atoms. The van der Waals surface area contributed by atoms with Crippen molar-refractivity contribution >= 4 is 64.9 Å². The Balaban J connectivity index is 0. The minimum absolute atomic E-state index is 0.0287. The summed E-state index contributed by atoms with van der Waals surface area (Å²) in [7, 11) is 8.34. The first kappa shape index (κ1) is 80.6. The molecular weight excluding hydrogens is 1090 g/mol. The first-order valence-electron chi connectivity index (χ1n) is 30.0. The summed E-state index contributed by atoms with van der Waals surface area (Å²) in [4.78, 5) is 164. The van der Waals surface area contributed by atoms with Gasteiger partial charge in [-0.2, -0.15) is 0 Å². The largest absolute Gasteiger partial charge is 0.390 e. The minimum Gasteiger partial charge on any atom is -0.390 e. The smallest absolute Gasteiger partial charge is 0.246 e. The zero-order valence-electron chi connectivity index (χ0n) is 56.2. The average Bonchev–Trinajstić information content (AvgIpc) is 3.64. The molecule has 0 aromatic heterocycles. The van der Waals surface area contributed by atoms with Crippen LogP contribution in [0.4, 0.5) is 0 Å². The van der Waals surface area contributed by atoms with Crippen molar-refractivity contribution in [2.24, 2.45) is 41.4 Å². The Hall–Kier alpha value is -6.45. The monoisotopic (exact) mass is 1200 g/mol. The van der Waals surface area contributed by atoms with Gasteiger partial charge in [-0.05, 0) is 96.8 Å². The molecule has 1 fully saturated rings. The van der Waals surface area contributed by atoms with Crippen molar-refractivity contribution in [2.75, 3.05) is 48.8 Å². The fourth-order valence-electron chi connectivity index (χ4n) is 9.71. The summed E-state index contributed by atoms with van der Waals surface area (Å²) in [5, 5.41) is 22.8. The second kappa shape index (κ2) is 38.6. The van der Waals surface area contributed by atoms with E-state index >= 15 is 0 Å². The van der Waals surface area contributed by atoms with Gasteiger partial charge in [-0.15, -0.1) is 13.2 Å². The highest BCUT2D eigenvalue weighted by Gasteiger charge is 2.45. The van der Waals surface area contributed by atoms with Crippen LogP contribution in [-0.4, -0.2) is 209 Å². The molecule has 5 N–H and O–H groups in total. The van der Waals surface area contributed by atoms with E-state index in [0.29, 0.717) is 6.42 Å². The molecule has 0 aromatic rings. The van der Waals surface area contributed by atoms with Crippen LogP contribution < -0.4 is 21.3 Å². The highest BCUT2D eigenvalue weighted by molar-refractivity contribution is 5.99. The van der Waals surface area contributed by atoms with Crippen LogP contribution in [0.5, 0.6) is 0 Å². The van der Waals surface area contributed by atoms with E-state index in [1.165, 1.54) is 91.6 Å². The molecule has 85 heavy (non-hydrogen) atoms. The SMILES string of the molecule is C/C=C/CC(C)C(O)C1C(=O)NC(CC)C(=O)N(C)CC(=O)N(C)C(CC(C)C)C(=O)NC(C(C)C)C(=O)N(C)C(CC(C)C)C(=O)NC(C)C(=O)NC(C)C(=O)N(C)C(C)C(=O)C(C)C(C)C(=O)N(C)C(C(C)C)C(=O)N1C.C=CC.C=CC. The maximum absolute atomic E-state index is 14.8. The van der Waals surface area contributed by atoms with Gasteiger partial charge in [0, 0.05) is 54.1 Å². The molecule has 486 valence electrons. The number of carbonyl (C=O) groups excluding carboxylic acids is 11. The summed E-state index contributed by atoms with van der Waals surface area (Å²) < 4.78 is 0. The zero-order chi connectivity index (χ0) is 66.8. The lowest BCUT2D eigenvalue weighted by Gasteiger charge is -2.40. The lowest BCUT2D eigenvalue weighted by Crippen LogP contribution is -2.62. The van der Waals surface area contributed by atoms with E-state index in [0.717, 1.165) is 14.7 Å². The van der Waals surface area contributed by atoms with Crippen molar-refractivity contribution in [3.05, 3.63) is 37.5 Å². The quantitative estimate of drug-likeness (QED) is 0.178. The first-order valence-corrected chi connectivity index (χ1v) is 30.0. The summed E-state index contributed by atoms with van der Waals surface area (Å²) in [6, 6.07) is -11.0. The molecule has 1 heterocycles. The second-order valence-electron chi connectivity index (χ2n) is 24.3. The summed E-state index contributed by atoms with van der Waals surface area (Å²) in [6.45, 7) is 36.8. The fourth-order valence-corrected chi connectivity index (χ4v) is 9.71. The van der Waals surface area contributed by atoms with Gasteiger partial charge < -0.3 is 55.8 Å². The lowest BCUT2D eigenvalue weighted by molar-refractivity contribution is -0.155. The highest BCUT2D eigenvalue weighted by Crippen LogP contribution is 2.25. The molecule has 0 aromatic carbocycles. The molecule has 0 saturated carbocycles. The van der Waals surface area contributed by atoms with Crippen molar-refractivity contribution in [1.82, 2.24) is 50.7 Å². The Morgan fingerprint density at radius 3 is 1.44 bits per heavy atom. The van der Waals surface area contributed by atoms with E-state index in [2.05, 4.69) is 34.4 Å². The number of nitrogens with zero attached hydrogens (tertiary/aromatic N) is 6. The number of ketones is 1. The van der Waals surface area contributed by atoms with Crippen LogP contribution in [-0.2, 0) is 52.7 Å². The van der Waals surface area contributed by atoms with Gasteiger partial charge in [0.2, 0.25) is 59.1 Å². The third kappa shape index (κ3) is 24.1. The lowest BCUT2D eigenvalue weighted by atomic mass is 9.86. The van der Waals surface area contributed by atoms with Crippen LogP contribution in [0.25, 0.3) is 0 Å². The molecule has 1 aliphatic heterocycles. The third-order valence-electron chi connectivity index (χ3n) is 15.4. The summed E-state index contributed by atoms with van der Waals surface area (Å²) in [5.74, 6) is -11.3. The Morgan fingerprint density at radius 1 is 0.529 bits per heavy atom. The van der Waals surface area contributed by atoms with Gasteiger partial charge in [0.25, 0.3) is 0 Å². The van der Waals surface area contributed by atoms with Crippen molar-refractivity contribution in [1.29, 1.82) is 0 Å². The zero-order valence-corrected chi connectivity index (χ0v) is 56.2. The predicted molar refractivity (Wildman–Crippen MR) is 334 cm³/mol. The standard InChI is InChI=1S/C57H100N10O12.2C3H6/c1-23-25-26-34(11)47(69)46-52(74)60-40(24-2)55(77)62(17)29-43(68)64(19)41(27-30(3)4)51(73)61-44(32(7)8)56(78)65(20)42(28-31(5)6)50(72)58-37(14)49(71)59-38(15)54(76)63(18)39(16)48(70)35(12)36(13)53(75)66(21)45(33(9)10)57(79)67(46)22;2*1-3-2/h23,25,30-42,44-47,69H,24,26-29H2,1-22H3,(H,58,72)(H,59,71)(H,60,74)(H,61,73);2*3H,1H2,2H3/b25-23+;;. The van der Waals surface area contributed by atoms with Crippen molar-refractivity contribution < 1.29 is 57.8 Å². The minimum atomic E-state index is -1.59. The fraction of sp³-hybridized carbons (Fsp3) is 0.730. The third-order valence-corrected chi connectivity index (χ3v) is 15.4. The molecule has 22 heteroatoms. The van der Waals surface area contributed by atoms with Gasteiger partial charge in [0.1, 0.15) is 48.3 Å². The van der Waals surface area contributed by atoms with Crippen LogP contribution in [0.3, 0.4) is 0 Å². The predicted octanol–water partition coefficient (Wildman–Crippen LogP) is 4.60. The van der Waals surface area contributed by atoms with Gasteiger partial charge in [0.05, 0.1) is 18.7 Å². The number of allylic oxidation sites excluding steroid dienone is 4. The van der Waals surface area contributed by atoms with E-state index in [4.69, 9.17) is 0 Å². The summed E-state index contributed by atoms with van der Waals surface area (Å²) >= 11 is 0. The molecule has 13 atom stereocenters. The topological polar surface area (TPSA) is 276 Å². The summed E-state index contributed by atoms with van der Waals surface area (Å²) in [5.41, 5.74) is 0. The second-order valence-corrected chi connectivity index (χ2v) is 24.3. The molecule has 0 radical (unpaired) electrons. The number of aliphatic hydroxyl groups is 1. The van der Waals surface area contributed by atoms with Crippen molar-refractivity contribution in [2.45, 2.75) is 211 Å². The number of Topliss-reactive ketones (excluding diaryl/α,β-unsaturated/α-hetero) is 1. The number of carbonyl (C=O) groups is 11. The van der Waals surface area contributed by atoms with Crippen molar-refractivity contribution in [3.8, 4) is 0 Å². The molecule has 0 bridgehead atoms. The molecule has 13 unspecified atom stereocenters. The van der Waals surface area contributed by atoms with Crippen LogP contribution in [0, 0.1) is 41.4 Å². The van der Waals surface area contributed by atoms with E-state index in [-0.39, 0.29) is 31.1 Å². The van der Waals surface area contributed by atoms with Gasteiger partial charge in [0.15, 0.2) is 5.78 Å². The Morgan fingerprint density at radius 2 is 0.988 bits per heavy atom. The maximum atomic E-state index is 14.8. The number of nitrogens with one attached hydrogen (secondary N) is 4. The number of hydrogen-bond acceptors (Lipinski definition) is 12. The average molecular weight is 1200 g/mol. The maximum Gasteiger partial charge on any atom is 0.246 e. The van der Waals surface area contributed by atoms with E-state index in [1.807, 2.05) is 41.5 Å². The van der Waals surface area contributed by atoms with E-state index in [9.17, 15) is 57.8 Å². The first-order chi connectivity index (χ1) is 39.2. The number of aliphatic hydroxyl groups excluding tert-OH is 1.